The Morgan fingerprint density at radius 2 is 1.47 bits per heavy atom. The van der Waals surface area contributed by atoms with Crippen molar-refractivity contribution in [3.05, 3.63) is 39.7 Å². The molecule has 0 N–H and O–H groups in total. The number of benzene rings is 1. The number of aryl methyl sites for hydroxylation is 1. The minimum absolute atomic E-state index is 0.194. The molecule has 204 valence electrons. The topological polar surface area (TPSA) is 154 Å². The lowest BCUT2D eigenvalue weighted by molar-refractivity contribution is -0.288. The number of carbonyl (C=O) groups is 4. The maximum atomic E-state index is 12.4. The van der Waals surface area contributed by atoms with Crippen molar-refractivity contribution in [2.45, 2.75) is 77.7 Å². The molecule has 0 unspecified atom stereocenters. The van der Waals surface area contributed by atoms with Crippen molar-refractivity contribution in [2.75, 3.05) is 6.61 Å². The van der Waals surface area contributed by atoms with Gasteiger partial charge in [-0.1, -0.05) is 0 Å². The van der Waals surface area contributed by atoms with E-state index < -0.39 is 60.2 Å². The monoisotopic (exact) mass is 532 g/mol. The summed E-state index contributed by atoms with van der Waals surface area (Å²) in [5.74, 6) is -2.67. The van der Waals surface area contributed by atoms with Crippen LogP contribution in [-0.2, 0) is 55.7 Å². The summed E-state index contributed by atoms with van der Waals surface area (Å²) >= 11 is 0. The molecule has 4 rings (SSSR count). The average Bonchev–Trinajstić information content (AvgIpc) is 3.32. The van der Waals surface area contributed by atoms with E-state index in [1.165, 1.54) is 13.0 Å². The number of hydrogen-bond donors (Lipinski definition) is 0. The van der Waals surface area contributed by atoms with E-state index in [-0.39, 0.29) is 12.4 Å². The Balaban J connectivity index is 1.71. The van der Waals surface area contributed by atoms with Gasteiger partial charge in [-0.3, -0.25) is 19.2 Å². The Bertz CT molecular complexity index is 1310. The van der Waals surface area contributed by atoms with Crippen LogP contribution in [0.15, 0.2) is 27.4 Å². The Kier molecular flexibility index (Phi) is 8.00. The summed E-state index contributed by atoms with van der Waals surface area (Å²) in [6.07, 6.45) is -4.29. The molecular weight excluding hydrogens is 504 g/mol. The van der Waals surface area contributed by atoms with Crippen molar-refractivity contribution < 1.29 is 52.0 Å². The summed E-state index contributed by atoms with van der Waals surface area (Å²) in [7, 11) is 0. The van der Waals surface area contributed by atoms with Crippen molar-refractivity contribution in [3.8, 4) is 5.75 Å². The highest BCUT2D eigenvalue weighted by atomic mass is 16.7. The molecule has 2 heterocycles. The van der Waals surface area contributed by atoms with Crippen LogP contribution in [0, 0.1) is 0 Å². The molecule has 1 fully saturated rings. The van der Waals surface area contributed by atoms with Crippen LogP contribution in [0.1, 0.15) is 45.2 Å². The first kappa shape index (κ1) is 27.1. The van der Waals surface area contributed by atoms with Crippen LogP contribution in [0.4, 0.5) is 0 Å². The molecular formula is C26H28O12. The normalized spacial score (nSPS) is 24.3. The van der Waals surface area contributed by atoms with Crippen LogP contribution in [0.25, 0.3) is 11.0 Å². The molecule has 0 amide bonds. The first-order valence-electron chi connectivity index (χ1n) is 12.1. The van der Waals surface area contributed by atoms with Gasteiger partial charge in [0, 0.05) is 44.7 Å². The first-order chi connectivity index (χ1) is 18.0. The largest absolute Gasteiger partial charge is 0.463 e. The predicted molar refractivity (Wildman–Crippen MR) is 127 cm³/mol. The molecule has 1 aromatic heterocycles. The second kappa shape index (κ2) is 11.2. The SMILES string of the molecule is CC(=O)OC[C@H]1O[C@@H](Oc2ccc3c4c(c(=O)oc3c2)CCC4)[C@H](OC(C)=O)[C@@H](OC(C)=O)[C@H]1OC(C)=O. The van der Waals surface area contributed by atoms with Crippen molar-refractivity contribution >= 4 is 34.8 Å². The molecule has 1 aromatic carbocycles. The average molecular weight is 532 g/mol. The van der Waals surface area contributed by atoms with Crippen LogP contribution in [0.2, 0.25) is 0 Å². The second-order valence-electron chi connectivity index (χ2n) is 9.04. The third kappa shape index (κ3) is 5.96. The lowest BCUT2D eigenvalue weighted by atomic mass is 9.98. The molecule has 0 bridgehead atoms. The zero-order chi connectivity index (χ0) is 27.6. The van der Waals surface area contributed by atoms with E-state index in [1.807, 2.05) is 0 Å². The van der Waals surface area contributed by atoms with Gasteiger partial charge < -0.3 is 32.8 Å². The molecule has 12 heteroatoms. The molecule has 1 aliphatic carbocycles. The maximum absolute atomic E-state index is 12.4. The third-order valence-corrected chi connectivity index (χ3v) is 6.15. The predicted octanol–water partition coefficient (Wildman–Crippen LogP) is 1.74. The number of esters is 4. The Morgan fingerprint density at radius 1 is 0.842 bits per heavy atom. The molecule has 38 heavy (non-hydrogen) atoms. The maximum Gasteiger partial charge on any atom is 0.339 e. The molecule has 1 aliphatic heterocycles. The van der Waals surface area contributed by atoms with Crippen molar-refractivity contribution in [2.24, 2.45) is 0 Å². The summed E-state index contributed by atoms with van der Waals surface area (Å²) in [5.41, 5.74) is 1.51. The van der Waals surface area contributed by atoms with E-state index in [9.17, 15) is 24.0 Å². The highest BCUT2D eigenvalue weighted by Gasteiger charge is 2.53. The van der Waals surface area contributed by atoms with Gasteiger partial charge in [0.25, 0.3) is 0 Å². The van der Waals surface area contributed by atoms with Gasteiger partial charge in [0.05, 0.1) is 0 Å². The molecule has 0 spiro atoms. The summed E-state index contributed by atoms with van der Waals surface area (Å²) < 4.78 is 38.7. The lowest BCUT2D eigenvalue weighted by Crippen LogP contribution is -2.63. The van der Waals surface area contributed by atoms with Crippen molar-refractivity contribution in [1.82, 2.24) is 0 Å². The third-order valence-electron chi connectivity index (χ3n) is 6.15. The number of fused-ring (bicyclic) bond motifs is 3. The van der Waals surface area contributed by atoms with Crippen LogP contribution >= 0.6 is 0 Å². The van der Waals surface area contributed by atoms with Gasteiger partial charge in [-0.15, -0.1) is 0 Å². The Morgan fingerprint density at radius 3 is 2.13 bits per heavy atom. The minimum Gasteiger partial charge on any atom is -0.463 e. The quantitative estimate of drug-likeness (QED) is 0.290. The first-order valence-corrected chi connectivity index (χ1v) is 12.1. The molecule has 0 saturated carbocycles. The van der Waals surface area contributed by atoms with Gasteiger partial charge in [0.15, 0.2) is 12.2 Å². The highest BCUT2D eigenvalue weighted by Crippen LogP contribution is 2.33. The zero-order valence-corrected chi connectivity index (χ0v) is 21.3. The number of carbonyl (C=O) groups excluding carboxylic acids is 4. The van der Waals surface area contributed by atoms with E-state index >= 15 is 0 Å². The second-order valence-corrected chi connectivity index (χ2v) is 9.04. The van der Waals surface area contributed by atoms with Gasteiger partial charge in [0.2, 0.25) is 12.4 Å². The van der Waals surface area contributed by atoms with E-state index in [2.05, 4.69) is 0 Å². The Hall–Kier alpha value is -3.93. The lowest BCUT2D eigenvalue weighted by Gasteiger charge is -2.43. The van der Waals surface area contributed by atoms with Gasteiger partial charge in [-0.05, 0) is 37.0 Å². The van der Waals surface area contributed by atoms with Crippen LogP contribution in [-0.4, -0.2) is 61.2 Å². The fraction of sp³-hybridized carbons (Fsp3) is 0.500. The molecule has 5 atom stereocenters. The smallest absolute Gasteiger partial charge is 0.339 e. The van der Waals surface area contributed by atoms with Gasteiger partial charge in [0.1, 0.15) is 24.0 Å². The van der Waals surface area contributed by atoms with E-state index in [4.69, 9.17) is 32.8 Å². The summed E-state index contributed by atoms with van der Waals surface area (Å²) in [6, 6.07) is 4.89. The molecule has 2 aliphatic rings. The van der Waals surface area contributed by atoms with Gasteiger partial charge >= 0.3 is 29.5 Å². The van der Waals surface area contributed by atoms with Gasteiger partial charge in [-0.2, -0.15) is 0 Å². The number of hydrogen-bond acceptors (Lipinski definition) is 12. The van der Waals surface area contributed by atoms with Crippen molar-refractivity contribution in [1.29, 1.82) is 0 Å². The van der Waals surface area contributed by atoms with Crippen LogP contribution in [0.3, 0.4) is 0 Å². The zero-order valence-electron chi connectivity index (χ0n) is 21.3. The summed E-state index contributed by atoms with van der Waals surface area (Å²) in [6.45, 7) is 4.21. The standard InChI is InChI=1S/C26H28O12/c1-12(27)32-11-21-22(33-13(2)28)23(34-14(3)29)24(35-15(4)30)26(38-21)36-16-8-9-18-17-6-5-7-19(17)25(31)37-20(18)10-16/h8-10,21-24,26H,5-7,11H2,1-4H3/t21-,22+,23+,24-,26-/m1/s1. The minimum atomic E-state index is -1.39. The molecule has 12 nitrogen and oxygen atoms in total. The highest BCUT2D eigenvalue weighted by molar-refractivity contribution is 5.83. The number of ether oxygens (including phenoxy) is 6. The fourth-order valence-corrected chi connectivity index (χ4v) is 4.76. The molecule has 2 aromatic rings. The van der Waals surface area contributed by atoms with E-state index in [1.54, 1.807) is 12.1 Å². The Labute approximate surface area is 217 Å². The number of rotatable bonds is 7. The van der Waals surface area contributed by atoms with E-state index in [0.717, 1.165) is 44.6 Å². The molecule has 1 saturated heterocycles. The van der Waals surface area contributed by atoms with Crippen molar-refractivity contribution in [3.63, 3.8) is 0 Å². The molecule has 0 radical (unpaired) electrons. The van der Waals surface area contributed by atoms with Crippen LogP contribution in [0.5, 0.6) is 5.75 Å². The van der Waals surface area contributed by atoms with E-state index in [0.29, 0.717) is 17.6 Å². The van der Waals surface area contributed by atoms with Crippen LogP contribution < -0.4 is 10.4 Å². The summed E-state index contributed by atoms with van der Waals surface area (Å²) in [5, 5.41) is 0.783. The van der Waals surface area contributed by atoms with Gasteiger partial charge in [-0.25, -0.2) is 4.79 Å². The summed E-state index contributed by atoms with van der Waals surface area (Å²) in [4.78, 5) is 59.7. The fourth-order valence-electron chi connectivity index (χ4n) is 4.76.